The van der Waals surface area contributed by atoms with E-state index in [1.807, 2.05) is 41.3 Å². The van der Waals surface area contributed by atoms with E-state index in [-0.39, 0.29) is 18.4 Å². The highest BCUT2D eigenvalue weighted by Gasteiger charge is 2.21. The van der Waals surface area contributed by atoms with Crippen molar-refractivity contribution in [1.29, 1.82) is 0 Å². The molecule has 2 aromatic carbocycles. The number of hydrogen-bond donors (Lipinski definition) is 2. The summed E-state index contributed by atoms with van der Waals surface area (Å²) in [5.74, 6) is 0.228. The van der Waals surface area contributed by atoms with Crippen molar-refractivity contribution < 1.29 is 4.79 Å². The average molecular weight is 336 g/mol. The summed E-state index contributed by atoms with van der Waals surface area (Å²) in [6, 6.07) is 16.1. The van der Waals surface area contributed by atoms with Gasteiger partial charge in [0.05, 0.1) is 0 Å². The van der Waals surface area contributed by atoms with Crippen LogP contribution in [0.5, 0.6) is 0 Å². The molecule has 0 aromatic heterocycles. The Bertz CT molecular complexity index is 785. The topological polar surface area (TPSA) is 70.7 Å². The quantitative estimate of drug-likeness (QED) is 0.666. The van der Waals surface area contributed by atoms with Crippen LogP contribution in [0.2, 0.25) is 0 Å². The molecule has 25 heavy (non-hydrogen) atoms. The predicted molar refractivity (Wildman–Crippen MR) is 103 cm³/mol. The Morgan fingerprint density at radius 1 is 1.24 bits per heavy atom. The minimum atomic E-state index is -0.0285. The summed E-state index contributed by atoms with van der Waals surface area (Å²) in [5.41, 5.74) is 10.3. The molecule has 1 amide bonds. The van der Waals surface area contributed by atoms with Crippen molar-refractivity contribution in [3.63, 3.8) is 0 Å². The SMILES string of the molecule is CCc1cccc(NC(N)=NCC(=O)N2CCCc3ccccc32)c1. The molecule has 0 saturated carbocycles. The van der Waals surface area contributed by atoms with E-state index in [2.05, 4.69) is 29.4 Å². The molecule has 3 N–H and O–H groups in total. The monoisotopic (exact) mass is 336 g/mol. The molecule has 5 heteroatoms. The number of para-hydroxylation sites is 1. The van der Waals surface area contributed by atoms with Crippen LogP contribution >= 0.6 is 0 Å². The molecule has 1 heterocycles. The third-order valence-electron chi connectivity index (χ3n) is 4.40. The van der Waals surface area contributed by atoms with Crippen LogP contribution in [0.4, 0.5) is 11.4 Å². The van der Waals surface area contributed by atoms with Crippen molar-refractivity contribution in [1.82, 2.24) is 0 Å². The van der Waals surface area contributed by atoms with Crippen LogP contribution in [-0.4, -0.2) is 25.0 Å². The van der Waals surface area contributed by atoms with E-state index < -0.39 is 0 Å². The van der Waals surface area contributed by atoms with Crippen LogP contribution in [0.25, 0.3) is 0 Å². The van der Waals surface area contributed by atoms with Gasteiger partial charge in [-0.1, -0.05) is 37.3 Å². The zero-order chi connectivity index (χ0) is 17.6. The van der Waals surface area contributed by atoms with Crippen LogP contribution in [0.3, 0.4) is 0 Å². The number of fused-ring (bicyclic) bond motifs is 1. The minimum Gasteiger partial charge on any atom is -0.370 e. The molecule has 130 valence electrons. The summed E-state index contributed by atoms with van der Waals surface area (Å²) in [7, 11) is 0. The van der Waals surface area contributed by atoms with E-state index >= 15 is 0 Å². The Kier molecular flexibility index (Phi) is 5.33. The Morgan fingerprint density at radius 2 is 2.08 bits per heavy atom. The van der Waals surface area contributed by atoms with Crippen molar-refractivity contribution in [2.45, 2.75) is 26.2 Å². The molecular formula is C20H24N4O. The lowest BCUT2D eigenvalue weighted by Gasteiger charge is -2.29. The van der Waals surface area contributed by atoms with Crippen LogP contribution in [0.15, 0.2) is 53.5 Å². The number of rotatable bonds is 4. The molecule has 0 unspecified atom stereocenters. The van der Waals surface area contributed by atoms with Crippen LogP contribution < -0.4 is 16.0 Å². The van der Waals surface area contributed by atoms with Crippen molar-refractivity contribution in [2.24, 2.45) is 10.7 Å². The maximum atomic E-state index is 12.6. The second kappa shape index (κ2) is 7.83. The van der Waals surface area contributed by atoms with Crippen LogP contribution in [-0.2, 0) is 17.6 Å². The Hall–Kier alpha value is -2.82. The second-order valence-electron chi connectivity index (χ2n) is 6.16. The third kappa shape index (κ3) is 4.18. The number of aliphatic imine (C=N–C) groups is 1. The number of carbonyl (C=O) groups excluding carboxylic acids is 1. The summed E-state index contributed by atoms with van der Waals surface area (Å²) in [6.45, 7) is 2.88. The van der Waals surface area contributed by atoms with Crippen LogP contribution in [0, 0.1) is 0 Å². The highest BCUT2D eigenvalue weighted by Crippen LogP contribution is 2.26. The zero-order valence-corrected chi connectivity index (χ0v) is 14.5. The van der Waals surface area contributed by atoms with E-state index in [1.165, 1.54) is 11.1 Å². The first-order valence-electron chi connectivity index (χ1n) is 8.71. The van der Waals surface area contributed by atoms with E-state index in [9.17, 15) is 4.79 Å². The fourth-order valence-corrected chi connectivity index (χ4v) is 3.09. The largest absolute Gasteiger partial charge is 0.370 e. The van der Waals surface area contributed by atoms with Gasteiger partial charge in [0.25, 0.3) is 0 Å². The highest BCUT2D eigenvalue weighted by atomic mass is 16.2. The van der Waals surface area contributed by atoms with Gasteiger partial charge < -0.3 is 16.0 Å². The van der Waals surface area contributed by atoms with Gasteiger partial charge in [0.2, 0.25) is 5.91 Å². The first-order valence-corrected chi connectivity index (χ1v) is 8.71. The molecule has 0 aliphatic carbocycles. The minimum absolute atomic E-state index is 0.0285. The number of nitrogens with two attached hydrogens (primary N) is 1. The number of nitrogens with zero attached hydrogens (tertiary/aromatic N) is 2. The molecule has 3 rings (SSSR count). The molecule has 1 aliphatic heterocycles. The molecule has 5 nitrogen and oxygen atoms in total. The van der Waals surface area contributed by atoms with Gasteiger partial charge in [-0.15, -0.1) is 0 Å². The number of hydrogen-bond acceptors (Lipinski definition) is 2. The number of benzene rings is 2. The summed E-state index contributed by atoms with van der Waals surface area (Å²) >= 11 is 0. The normalized spacial score (nSPS) is 14.1. The number of guanidine groups is 1. The van der Waals surface area contributed by atoms with Crippen LogP contribution in [0.1, 0.15) is 24.5 Å². The number of aryl methyl sites for hydroxylation is 2. The van der Waals surface area contributed by atoms with Crippen molar-refractivity contribution >= 4 is 23.2 Å². The summed E-state index contributed by atoms with van der Waals surface area (Å²) < 4.78 is 0. The third-order valence-corrected chi connectivity index (χ3v) is 4.40. The van der Waals surface area contributed by atoms with E-state index in [0.717, 1.165) is 37.2 Å². The van der Waals surface area contributed by atoms with Gasteiger partial charge in [-0.25, -0.2) is 4.99 Å². The summed E-state index contributed by atoms with van der Waals surface area (Å²) in [5, 5.41) is 3.05. The molecule has 0 radical (unpaired) electrons. The number of carbonyl (C=O) groups is 1. The fraction of sp³-hybridized carbons (Fsp3) is 0.300. The lowest BCUT2D eigenvalue weighted by Crippen LogP contribution is -2.37. The second-order valence-corrected chi connectivity index (χ2v) is 6.16. The maximum absolute atomic E-state index is 12.6. The molecule has 0 bridgehead atoms. The van der Waals surface area contributed by atoms with Crippen molar-refractivity contribution in [3.8, 4) is 0 Å². The maximum Gasteiger partial charge on any atom is 0.248 e. The van der Waals surface area contributed by atoms with Gasteiger partial charge in [0, 0.05) is 17.9 Å². The molecule has 0 spiro atoms. The van der Waals surface area contributed by atoms with Gasteiger partial charge in [0.1, 0.15) is 6.54 Å². The lowest BCUT2D eigenvalue weighted by molar-refractivity contribution is -0.117. The molecule has 0 atom stereocenters. The van der Waals surface area contributed by atoms with Crippen molar-refractivity contribution in [2.75, 3.05) is 23.3 Å². The van der Waals surface area contributed by atoms with E-state index in [1.54, 1.807) is 0 Å². The van der Waals surface area contributed by atoms with Gasteiger partial charge in [-0.2, -0.15) is 0 Å². The molecule has 1 aliphatic rings. The predicted octanol–water partition coefficient (Wildman–Crippen LogP) is 2.96. The summed E-state index contributed by atoms with van der Waals surface area (Å²) in [6.07, 6.45) is 2.95. The number of amides is 1. The number of anilines is 2. The Balaban J connectivity index is 1.64. The van der Waals surface area contributed by atoms with Crippen molar-refractivity contribution in [3.05, 3.63) is 59.7 Å². The molecule has 0 fully saturated rings. The fourth-order valence-electron chi connectivity index (χ4n) is 3.09. The molecular weight excluding hydrogens is 312 g/mol. The number of nitrogens with one attached hydrogen (secondary N) is 1. The highest BCUT2D eigenvalue weighted by molar-refractivity contribution is 5.99. The van der Waals surface area contributed by atoms with Gasteiger partial charge in [-0.3, -0.25) is 4.79 Å². The average Bonchev–Trinajstić information content (AvgIpc) is 2.65. The van der Waals surface area contributed by atoms with Gasteiger partial charge in [0.15, 0.2) is 5.96 Å². The van der Waals surface area contributed by atoms with E-state index in [0.29, 0.717) is 0 Å². The van der Waals surface area contributed by atoms with Gasteiger partial charge in [-0.05, 0) is 48.6 Å². The zero-order valence-electron chi connectivity index (χ0n) is 14.5. The molecule has 0 saturated heterocycles. The first-order chi connectivity index (χ1) is 12.2. The Labute approximate surface area is 148 Å². The first kappa shape index (κ1) is 17.0. The van der Waals surface area contributed by atoms with E-state index in [4.69, 9.17) is 5.73 Å². The Morgan fingerprint density at radius 3 is 2.92 bits per heavy atom. The smallest absolute Gasteiger partial charge is 0.248 e. The lowest BCUT2D eigenvalue weighted by atomic mass is 10.0. The molecule has 2 aromatic rings. The standard InChI is InChI=1S/C20H24N4O/c1-2-15-7-5-10-17(13-15)23-20(21)22-14-19(25)24-12-6-9-16-8-3-4-11-18(16)24/h3-5,7-8,10-11,13H,2,6,9,12,14H2,1H3,(H3,21,22,23). The van der Waals surface area contributed by atoms with Gasteiger partial charge >= 0.3 is 0 Å². The summed E-state index contributed by atoms with van der Waals surface area (Å²) in [4.78, 5) is 18.6.